The van der Waals surface area contributed by atoms with Crippen molar-refractivity contribution >= 4 is 6.21 Å². The van der Waals surface area contributed by atoms with E-state index in [2.05, 4.69) is 4.99 Å². The molecule has 21 heavy (non-hydrogen) atoms. The number of ether oxygens (including phenoxy) is 2. The van der Waals surface area contributed by atoms with Crippen LogP contribution in [0.15, 0.2) is 53.5 Å². The fraction of sp³-hybridized carbons (Fsp3) is 0.235. The second-order valence-electron chi connectivity index (χ2n) is 4.47. The van der Waals surface area contributed by atoms with Gasteiger partial charge in [0.25, 0.3) is 0 Å². The van der Waals surface area contributed by atoms with Gasteiger partial charge in [0.05, 0.1) is 26.9 Å². The average molecular weight is 285 g/mol. The summed E-state index contributed by atoms with van der Waals surface area (Å²) < 4.78 is 10.6. The molecule has 0 radical (unpaired) electrons. The van der Waals surface area contributed by atoms with Crippen LogP contribution in [0, 0.1) is 0 Å². The van der Waals surface area contributed by atoms with Gasteiger partial charge < -0.3 is 14.6 Å². The minimum atomic E-state index is -0.290. The van der Waals surface area contributed by atoms with Crippen LogP contribution in [0.4, 0.5) is 0 Å². The molecule has 0 bridgehead atoms. The highest BCUT2D eigenvalue weighted by atomic mass is 16.5. The third-order valence-corrected chi connectivity index (χ3v) is 3.18. The Morgan fingerprint density at radius 1 is 1.05 bits per heavy atom. The van der Waals surface area contributed by atoms with Crippen LogP contribution in [0.5, 0.6) is 11.5 Å². The summed E-state index contributed by atoms with van der Waals surface area (Å²) in [6, 6.07) is 15.0. The van der Waals surface area contributed by atoms with Crippen molar-refractivity contribution in [3.05, 3.63) is 59.7 Å². The van der Waals surface area contributed by atoms with E-state index >= 15 is 0 Å². The van der Waals surface area contributed by atoms with Crippen LogP contribution in [0.2, 0.25) is 0 Å². The highest BCUT2D eigenvalue weighted by Gasteiger charge is 2.10. The number of para-hydroxylation sites is 1. The summed E-state index contributed by atoms with van der Waals surface area (Å²) in [6.07, 6.45) is 1.70. The first-order chi connectivity index (χ1) is 10.3. The minimum Gasteiger partial charge on any atom is -0.493 e. The van der Waals surface area contributed by atoms with E-state index in [0.29, 0.717) is 11.5 Å². The maximum absolute atomic E-state index is 9.52. The highest BCUT2D eigenvalue weighted by Crippen LogP contribution is 2.30. The number of aliphatic hydroxyl groups is 1. The lowest BCUT2D eigenvalue weighted by molar-refractivity contribution is 0.269. The van der Waals surface area contributed by atoms with Gasteiger partial charge in [-0.3, -0.25) is 4.99 Å². The standard InChI is InChI=1S/C17H19NO3/c1-20-16-10-6-9-14(17(16)21-2)11-18-15(12-19)13-7-4-3-5-8-13/h3-11,15,19H,12H2,1-2H3/t15-/m1/s1. The fourth-order valence-electron chi connectivity index (χ4n) is 2.10. The quantitative estimate of drug-likeness (QED) is 0.830. The maximum atomic E-state index is 9.52. The van der Waals surface area contributed by atoms with Gasteiger partial charge in [0.1, 0.15) is 0 Å². The van der Waals surface area contributed by atoms with E-state index in [4.69, 9.17) is 9.47 Å². The van der Waals surface area contributed by atoms with Gasteiger partial charge in [-0.2, -0.15) is 0 Å². The van der Waals surface area contributed by atoms with E-state index in [0.717, 1.165) is 11.1 Å². The van der Waals surface area contributed by atoms with Crippen LogP contribution in [0.1, 0.15) is 17.2 Å². The average Bonchev–Trinajstić information content (AvgIpc) is 2.56. The first-order valence-electron chi connectivity index (χ1n) is 6.70. The van der Waals surface area contributed by atoms with Crippen molar-refractivity contribution in [2.75, 3.05) is 20.8 Å². The largest absolute Gasteiger partial charge is 0.493 e. The molecule has 0 aromatic heterocycles. The highest BCUT2D eigenvalue weighted by molar-refractivity contribution is 5.85. The van der Waals surface area contributed by atoms with E-state index in [1.165, 1.54) is 0 Å². The number of aliphatic imine (C=N–C) groups is 1. The second-order valence-corrected chi connectivity index (χ2v) is 4.47. The number of methoxy groups -OCH3 is 2. The van der Waals surface area contributed by atoms with E-state index < -0.39 is 0 Å². The molecule has 0 unspecified atom stereocenters. The molecule has 2 rings (SSSR count). The van der Waals surface area contributed by atoms with Crippen LogP contribution in [0.3, 0.4) is 0 Å². The van der Waals surface area contributed by atoms with Crippen LogP contribution >= 0.6 is 0 Å². The third kappa shape index (κ3) is 3.61. The van der Waals surface area contributed by atoms with Gasteiger partial charge in [-0.1, -0.05) is 36.4 Å². The van der Waals surface area contributed by atoms with Gasteiger partial charge in [0.2, 0.25) is 0 Å². The summed E-state index contributed by atoms with van der Waals surface area (Å²) in [6.45, 7) is -0.0488. The molecule has 0 amide bonds. The lowest BCUT2D eigenvalue weighted by atomic mass is 10.1. The van der Waals surface area contributed by atoms with Crippen LogP contribution < -0.4 is 9.47 Å². The molecule has 4 nitrogen and oxygen atoms in total. The Kier molecular flexibility index (Phi) is 5.35. The Hall–Kier alpha value is -2.33. The molecule has 0 aliphatic carbocycles. The number of hydrogen-bond donors (Lipinski definition) is 1. The van der Waals surface area contributed by atoms with Crippen molar-refractivity contribution in [2.24, 2.45) is 4.99 Å². The molecule has 0 saturated heterocycles. The normalized spacial score (nSPS) is 12.3. The lowest BCUT2D eigenvalue weighted by Gasteiger charge is -2.12. The van der Waals surface area contributed by atoms with Gasteiger partial charge in [0.15, 0.2) is 11.5 Å². The van der Waals surface area contributed by atoms with Crippen molar-refractivity contribution in [2.45, 2.75) is 6.04 Å². The second kappa shape index (κ2) is 7.45. The van der Waals surface area contributed by atoms with Crippen molar-refractivity contribution in [3.8, 4) is 11.5 Å². The molecule has 0 fully saturated rings. The molecule has 0 heterocycles. The molecule has 0 aliphatic rings. The van der Waals surface area contributed by atoms with Crippen LogP contribution in [-0.4, -0.2) is 32.1 Å². The van der Waals surface area contributed by atoms with Gasteiger partial charge in [-0.25, -0.2) is 0 Å². The zero-order chi connectivity index (χ0) is 15.1. The number of rotatable bonds is 6. The number of aliphatic hydroxyl groups excluding tert-OH is 1. The van der Waals surface area contributed by atoms with Gasteiger partial charge >= 0.3 is 0 Å². The predicted octanol–water partition coefficient (Wildman–Crippen LogP) is 2.86. The molecule has 0 spiro atoms. The fourth-order valence-corrected chi connectivity index (χ4v) is 2.10. The van der Waals surface area contributed by atoms with Gasteiger partial charge in [-0.15, -0.1) is 0 Å². The molecule has 4 heteroatoms. The van der Waals surface area contributed by atoms with Gasteiger partial charge in [-0.05, 0) is 17.7 Å². The van der Waals surface area contributed by atoms with E-state index in [1.54, 1.807) is 20.4 Å². The minimum absolute atomic E-state index is 0.0488. The summed E-state index contributed by atoms with van der Waals surface area (Å²) in [7, 11) is 3.19. The SMILES string of the molecule is COc1cccc(C=N[C@H](CO)c2ccccc2)c1OC. The van der Waals surface area contributed by atoms with Crippen molar-refractivity contribution in [1.82, 2.24) is 0 Å². The Morgan fingerprint density at radius 3 is 2.43 bits per heavy atom. The number of benzene rings is 2. The zero-order valence-electron chi connectivity index (χ0n) is 12.2. The Balaban J connectivity index is 2.28. The molecule has 2 aromatic carbocycles. The summed E-state index contributed by atoms with van der Waals surface area (Å²) in [4.78, 5) is 4.46. The van der Waals surface area contributed by atoms with E-state index in [9.17, 15) is 5.11 Å². The molecular formula is C17H19NO3. The van der Waals surface area contributed by atoms with Crippen molar-refractivity contribution < 1.29 is 14.6 Å². The first kappa shape index (κ1) is 15.1. The summed E-state index contributed by atoms with van der Waals surface area (Å²) in [5, 5.41) is 9.52. The van der Waals surface area contributed by atoms with E-state index in [-0.39, 0.29) is 12.6 Å². The van der Waals surface area contributed by atoms with E-state index in [1.807, 2.05) is 48.5 Å². The summed E-state index contributed by atoms with van der Waals surface area (Å²) in [5.74, 6) is 1.29. The third-order valence-electron chi connectivity index (χ3n) is 3.18. The molecule has 0 aliphatic heterocycles. The molecule has 0 saturated carbocycles. The van der Waals surface area contributed by atoms with Crippen LogP contribution in [0.25, 0.3) is 0 Å². The van der Waals surface area contributed by atoms with Crippen molar-refractivity contribution in [1.29, 1.82) is 0 Å². The van der Waals surface area contributed by atoms with Gasteiger partial charge in [0, 0.05) is 11.8 Å². The zero-order valence-corrected chi connectivity index (χ0v) is 12.2. The Morgan fingerprint density at radius 2 is 1.81 bits per heavy atom. The monoisotopic (exact) mass is 285 g/mol. The maximum Gasteiger partial charge on any atom is 0.169 e. The topological polar surface area (TPSA) is 51.0 Å². The smallest absolute Gasteiger partial charge is 0.169 e. The molecule has 1 atom stereocenters. The summed E-state index contributed by atoms with van der Waals surface area (Å²) >= 11 is 0. The number of nitrogens with zero attached hydrogens (tertiary/aromatic N) is 1. The number of hydrogen-bond acceptors (Lipinski definition) is 4. The van der Waals surface area contributed by atoms with Crippen molar-refractivity contribution in [3.63, 3.8) is 0 Å². The Labute approximate surface area is 124 Å². The molecule has 1 N–H and O–H groups in total. The molecule has 2 aromatic rings. The van der Waals surface area contributed by atoms with Crippen LogP contribution in [-0.2, 0) is 0 Å². The Bertz CT molecular complexity index is 596. The molecular weight excluding hydrogens is 266 g/mol. The lowest BCUT2D eigenvalue weighted by Crippen LogP contribution is -2.02. The molecule has 110 valence electrons. The first-order valence-corrected chi connectivity index (χ1v) is 6.70. The predicted molar refractivity (Wildman–Crippen MR) is 83.4 cm³/mol. The summed E-state index contributed by atoms with van der Waals surface area (Å²) in [5.41, 5.74) is 1.78.